The maximum atomic E-state index is 11.3. The van der Waals surface area contributed by atoms with E-state index in [1.165, 1.54) is 6.08 Å². The average Bonchev–Trinajstić information content (AvgIpc) is 2.24. The third-order valence-electron chi connectivity index (χ3n) is 1.62. The van der Waals surface area contributed by atoms with Crippen LogP contribution in [0.5, 0.6) is 0 Å². The normalized spacial score (nSPS) is 9.94. The quantitative estimate of drug-likeness (QED) is 0.670. The molecule has 0 saturated carbocycles. The van der Waals surface area contributed by atoms with Gasteiger partial charge in [-0.2, -0.15) is 15.0 Å². The summed E-state index contributed by atoms with van der Waals surface area (Å²) in [5.41, 5.74) is 5.50. The van der Waals surface area contributed by atoms with Crippen LogP contribution in [0.1, 0.15) is 13.8 Å². The Bertz CT molecular complexity index is 434. The lowest BCUT2D eigenvalue weighted by Gasteiger charge is -2.09. The molecule has 1 aromatic heterocycles. The zero-order valence-corrected chi connectivity index (χ0v) is 10.3. The second-order valence-electron chi connectivity index (χ2n) is 3.65. The van der Waals surface area contributed by atoms with E-state index in [0.717, 1.165) is 0 Å². The first-order valence-corrected chi connectivity index (χ1v) is 5.34. The zero-order chi connectivity index (χ0) is 13.5. The van der Waals surface area contributed by atoms with Crippen LogP contribution in [0.2, 0.25) is 0 Å². The molecular weight excluding hydrogens is 236 g/mol. The molecule has 4 N–H and O–H groups in total. The van der Waals surface area contributed by atoms with Crippen molar-refractivity contribution in [3.63, 3.8) is 0 Å². The number of nitrogens with zero attached hydrogens (tertiary/aromatic N) is 3. The minimum Gasteiger partial charge on any atom is -0.445 e. The molecule has 1 heterocycles. The Labute approximate surface area is 105 Å². The fourth-order valence-electron chi connectivity index (χ4n) is 1.03. The van der Waals surface area contributed by atoms with Crippen LogP contribution in [0.15, 0.2) is 12.7 Å². The van der Waals surface area contributed by atoms with Crippen LogP contribution in [0.4, 0.5) is 22.6 Å². The first-order valence-electron chi connectivity index (χ1n) is 5.34. The van der Waals surface area contributed by atoms with Crippen molar-refractivity contribution in [2.75, 3.05) is 23.0 Å². The summed E-state index contributed by atoms with van der Waals surface area (Å²) in [4.78, 5) is 22.9. The van der Waals surface area contributed by atoms with Gasteiger partial charge in [0.05, 0.1) is 0 Å². The molecule has 0 aromatic carbocycles. The number of amides is 1. The Balaban J connectivity index is 2.73. The highest BCUT2D eigenvalue weighted by Crippen LogP contribution is 2.08. The molecule has 0 unspecified atom stereocenters. The van der Waals surface area contributed by atoms with Crippen molar-refractivity contribution in [3.05, 3.63) is 12.7 Å². The van der Waals surface area contributed by atoms with Gasteiger partial charge >= 0.3 is 6.09 Å². The van der Waals surface area contributed by atoms with Crippen molar-refractivity contribution in [3.8, 4) is 0 Å². The number of nitrogens with two attached hydrogens (primary N) is 1. The topological polar surface area (TPSA) is 115 Å². The van der Waals surface area contributed by atoms with Gasteiger partial charge in [-0.25, -0.2) is 4.79 Å². The van der Waals surface area contributed by atoms with E-state index < -0.39 is 6.09 Å². The Morgan fingerprint density at radius 3 is 2.72 bits per heavy atom. The number of hydrogen-bond acceptors (Lipinski definition) is 7. The summed E-state index contributed by atoms with van der Waals surface area (Å²) in [6.45, 7) is 7.37. The fourth-order valence-corrected chi connectivity index (χ4v) is 1.03. The molecule has 18 heavy (non-hydrogen) atoms. The van der Waals surface area contributed by atoms with Crippen LogP contribution in [0.3, 0.4) is 0 Å². The average molecular weight is 252 g/mol. The van der Waals surface area contributed by atoms with Gasteiger partial charge in [0, 0.05) is 6.04 Å². The van der Waals surface area contributed by atoms with Gasteiger partial charge in [-0.15, -0.1) is 0 Å². The third-order valence-corrected chi connectivity index (χ3v) is 1.62. The Kier molecular flexibility index (Phi) is 4.85. The second-order valence-corrected chi connectivity index (χ2v) is 3.65. The first-order chi connectivity index (χ1) is 8.51. The Morgan fingerprint density at radius 2 is 2.11 bits per heavy atom. The summed E-state index contributed by atoms with van der Waals surface area (Å²) in [5, 5.41) is 5.29. The molecule has 0 spiro atoms. The minimum absolute atomic E-state index is 0.00664. The lowest BCUT2D eigenvalue weighted by Crippen LogP contribution is -2.19. The highest BCUT2D eigenvalue weighted by Gasteiger charge is 2.09. The molecular formula is C10H16N6O2. The molecule has 8 heteroatoms. The molecule has 0 aliphatic heterocycles. The van der Waals surface area contributed by atoms with Gasteiger partial charge < -0.3 is 15.8 Å². The molecule has 1 rings (SSSR count). The Morgan fingerprint density at radius 1 is 1.44 bits per heavy atom. The molecule has 8 nitrogen and oxygen atoms in total. The molecule has 0 aliphatic carbocycles. The molecule has 98 valence electrons. The van der Waals surface area contributed by atoms with Gasteiger partial charge in [-0.3, -0.25) is 5.32 Å². The summed E-state index contributed by atoms with van der Waals surface area (Å²) in [6.07, 6.45) is 0.767. The number of aromatic nitrogens is 3. The molecule has 0 saturated heterocycles. The van der Waals surface area contributed by atoms with Gasteiger partial charge in [0.25, 0.3) is 0 Å². The molecule has 1 aromatic rings. The van der Waals surface area contributed by atoms with E-state index in [0.29, 0.717) is 0 Å². The number of anilines is 3. The smallest absolute Gasteiger partial charge is 0.414 e. The summed E-state index contributed by atoms with van der Waals surface area (Å²) in [7, 11) is 0. The molecule has 0 bridgehead atoms. The van der Waals surface area contributed by atoms with Crippen molar-refractivity contribution >= 4 is 23.9 Å². The predicted octanol–water partition coefficient (Wildman–Crippen LogP) is 1.01. The second kappa shape index (κ2) is 6.38. The standard InChI is InChI=1S/C10H16N6O2/c1-4-5-18-10(17)16-9-14-7(11)13-8(15-9)12-6(2)3/h4,6H,1,5H2,2-3H3,(H4,11,12,13,14,15,16,17). The van der Waals surface area contributed by atoms with Crippen LogP contribution in [-0.2, 0) is 4.74 Å². The number of rotatable bonds is 5. The summed E-state index contributed by atoms with van der Waals surface area (Å²) >= 11 is 0. The van der Waals surface area contributed by atoms with Crippen molar-refractivity contribution in [2.45, 2.75) is 19.9 Å². The van der Waals surface area contributed by atoms with Crippen LogP contribution < -0.4 is 16.4 Å². The SMILES string of the molecule is C=CCOC(=O)Nc1nc(N)nc(NC(C)C)n1. The summed E-state index contributed by atoms with van der Waals surface area (Å²) in [6, 6.07) is 0.132. The largest absolute Gasteiger partial charge is 0.445 e. The van der Waals surface area contributed by atoms with E-state index in [9.17, 15) is 4.79 Å². The van der Waals surface area contributed by atoms with E-state index in [1.807, 2.05) is 13.8 Å². The Hall–Kier alpha value is -2.38. The molecule has 0 radical (unpaired) electrons. The lowest BCUT2D eigenvalue weighted by atomic mass is 10.4. The molecule has 0 aliphatic rings. The number of nitrogens with one attached hydrogen (secondary N) is 2. The van der Waals surface area contributed by atoms with E-state index in [1.54, 1.807) is 0 Å². The van der Waals surface area contributed by atoms with E-state index in [4.69, 9.17) is 10.5 Å². The maximum absolute atomic E-state index is 11.3. The predicted molar refractivity (Wildman–Crippen MR) is 68.2 cm³/mol. The summed E-state index contributed by atoms with van der Waals surface area (Å²) in [5.74, 6) is 0.323. The lowest BCUT2D eigenvalue weighted by molar-refractivity contribution is 0.174. The number of nitrogen functional groups attached to an aromatic ring is 1. The van der Waals surface area contributed by atoms with Gasteiger partial charge in [-0.1, -0.05) is 12.7 Å². The number of ether oxygens (including phenoxy) is 1. The number of carbonyl (C=O) groups is 1. The monoisotopic (exact) mass is 252 g/mol. The third kappa shape index (κ3) is 4.64. The zero-order valence-electron chi connectivity index (χ0n) is 10.3. The maximum Gasteiger partial charge on any atom is 0.414 e. The first kappa shape index (κ1) is 13.7. The molecule has 0 fully saturated rings. The van der Waals surface area contributed by atoms with Crippen molar-refractivity contribution < 1.29 is 9.53 Å². The highest BCUT2D eigenvalue weighted by atomic mass is 16.5. The van der Waals surface area contributed by atoms with E-state index in [-0.39, 0.29) is 30.5 Å². The fraction of sp³-hybridized carbons (Fsp3) is 0.400. The van der Waals surface area contributed by atoms with Crippen LogP contribution in [0.25, 0.3) is 0 Å². The van der Waals surface area contributed by atoms with E-state index >= 15 is 0 Å². The number of carbonyl (C=O) groups excluding carboxylic acids is 1. The molecule has 0 atom stereocenters. The van der Waals surface area contributed by atoms with Gasteiger partial charge in [0.15, 0.2) is 0 Å². The van der Waals surface area contributed by atoms with Crippen molar-refractivity contribution in [2.24, 2.45) is 0 Å². The van der Waals surface area contributed by atoms with Crippen LogP contribution >= 0.6 is 0 Å². The van der Waals surface area contributed by atoms with E-state index in [2.05, 4.69) is 32.2 Å². The van der Waals surface area contributed by atoms with Crippen molar-refractivity contribution in [1.29, 1.82) is 0 Å². The minimum atomic E-state index is -0.684. The van der Waals surface area contributed by atoms with Crippen LogP contribution in [0, 0.1) is 0 Å². The van der Waals surface area contributed by atoms with Gasteiger partial charge in [0.1, 0.15) is 6.61 Å². The highest BCUT2D eigenvalue weighted by molar-refractivity contribution is 5.82. The molecule has 1 amide bonds. The van der Waals surface area contributed by atoms with Crippen LogP contribution in [-0.4, -0.2) is 33.7 Å². The summed E-state index contributed by atoms with van der Waals surface area (Å²) < 4.78 is 4.73. The van der Waals surface area contributed by atoms with Gasteiger partial charge in [0.2, 0.25) is 17.8 Å². The van der Waals surface area contributed by atoms with Crippen molar-refractivity contribution in [1.82, 2.24) is 15.0 Å². The number of hydrogen-bond donors (Lipinski definition) is 3. The van der Waals surface area contributed by atoms with Gasteiger partial charge in [-0.05, 0) is 13.8 Å².